The van der Waals surface area contributed by atoms with Gasteiger partial charge >= 0.3 is 0 Å². The average molecular weight is 385 g/mol. The molecular formula is C20H23N3O3S. The van der Waals surface area contributed by atoms with Gasteiger partial charge in [-0.2, -0.15) is 0 Å². The number of aryl methyl sites for hydroxylation is 1. The lowest BCUT2D eigenvalue weighted by molar-refractivity contribution is -0.122. The van der Waals surface area contributed by atoms with Gasteiger partial charge in [-0.15, -0.1) is 11.3 Å². The third-order valence-corrected chi connectivity index (χ3v) is 6.26. The topological polar surface area (TPSA) is 71.5 Å². The molecule has 1 saturated carbocycles. The maximum atomic E-state index is 12.6. The summed E-state index contributed by atoms with van der Waals surface area (Å²) in [5.41, 5.74) is 0.182. The number of likely N-dealkylation sites (N-methyl/N-ethyl adjacent to an activating group) is 1. The van der Waals surface area contributed by atoms with Crippen molar-refractivity contribution in [3.63, 3.8) is 0 Å². The molecule has 142 valence electrons. The number of thiazole rings is 1. The number of nitrogens with zero attached hydrogens (tertiary/aromatic N) is 2. The number of aromatic nitrogens is 1. The van der Waals surface area contributed by atoms with E-state index in [-0.39, 0.29) is 17.7 Å². The zero-order chi connectivity index (χ0) is 19.0. The van der Waals surface area contributed by atoms with E-state index in [0.29, 0.717) is 23.0 Å². The predicted molar refractivity (Wildman–Crippen MR) is 104 cm³/mol. The smallest absolute Gasteiger partial charge is 0.257 e. The molecule has 1 N–H and O–H groups in total. The van der Waals surface area contributed by atoms with E-state index in [0.717, 1.165) is 30.6 Å². The molecule has 1 aliphatic heterocycles. The van der Waals surface area contributed by atoms with E-state index >= 15 is 0 Å². The number of carbonyl (C=O) groups excluding carboxylic acids is 2. The molecule has 7 heteroatoms. The Labute approximate surface area is 162 Å². The fourth-order valence-corrected chi connectivity index (χ4v) is 4.66. The molecule has 2 amide bonds. The summed E-state index contributed by atoms with van der Waals surface area (Å²) in [6.45, 7) is 2.51. The molecule has 1 spiro atoms. The highest BCUT2D eigenvalue weighted by Gasteiger charge is 2.43. The highest BCUT2D eigenvalue weighted by atomic mass is 32.1. The molecule has 4 rings (SSSR count). The Hall–Kier alpha value is -2.41. The van der Waals surface area contributed by atoms with Crippen LogP contribution in [0.4, 0.5) is 5.13 Å². The van der Waals surface area contributed by atoms with Crippen LogP contribution in [0.25, 0.3) is 0 Å². The van der Waals surface area contributed by atoms with Crippen molar-refractivity contribution in [1.82, 2.24) is 9.88 Å². The average Bonchev–Trinajstić information content (AvgIpc) is 3.02. The third kappa shape index (κ3) is 3.56. The fraction of sp³-hybridized carbons (Fsp3) is 0.450. The van der Waals surface area contributed by atoms with E-state index in [4.69, 9.17) is 4.74 Å². The van der Waals surface area contributed by atoms with Crippen molar-refractivity contribution < 1.29 is 14.3 Å². The van der Waals surface area contributed by atoms with Gasteiger partial charge in [0.2, 0.25) is 5.91 Å². The summed E-state index contributed by atoms with van der Waals surface area (Å²) in [6, 6.07) is 7.41. The molecule has 1 aliphatic carbocycles. The van der Waals surface area contributed by atoms with Crippen molar-refractivity contribution in [1.29, 1.82) is 0 Å². The summed E-state index contributed by atoms with van der Waals surface area (Å²) in [6.07, 6.45) is 4.72. The summed E-state index contributed by atoms with van der Waals surface area (Å²) in [7, 11) is 1.82. The standard InChI is InChI=1S/C20H23N3O3S/c1-13-11-21-19(27-13)22-17(24)14-7-9-20(10-8-14)12-23(2)18(25)15-5-3-4-6-16(15)26-20/h3-6,11,14H,7-10,12H2,1-2H3,(H,21,22,24). The lowest BCUT2D eigenvalue weighted by Crippen LogP contribution is -2.49. The number of hydrogen-bond donors (Lipinski definition) is 1. The van der Waals surface area contributed by atoms with Crippen LogP contribution >= 0.6 is 11.3 Å². The number of rotatable bonds is 2. The Bertz CT molecular complexity index is 871. The van der Waals surface area contributed by atoms with Gasteiger partial charge in [-0.25, -0.2) is 4.98 Å². The maximum absolute atomic E-state index is 12.6. The monoisotopic (exact) mass is 385 g/mol. The van der Waals surface area contributed by atoms with Crippen LogP contribution in [0, 0.1) is 12.8 Å². The molecule has 1 aromatic carbocycles. The lowest BCUT2D eigenvalue weighted by atomic mass is 9.78. The highest BCUT2D eigenvalue weighted by Crippen LogP contribution is 2.40. The molecule has 2 aliphatic rings. The van der Waals surface area contributed by atoms with Crippen molar-refractivity contribution >= 4 is 28.3 Å². The van der Waals surface area contributed by atoms with Crippen molar-refractivity contribution in [3.8, 4) is 5.75 Å². The molecule has 0 unspecified atom stereocenters. The summed E-state index contributed by atoms with van der Waals surface area (Å²) < 4.78 is 6.37. The number of para-hydroxylation sites is 1. The van der Waals surface area contributed by atoms with E-state index in [1.54, 1.807) is 11.1 Å². The van der Waals surface area contributed by atoms with Gasteiger partial charge < -0.3 is 15.0 Å². The maximum Gasteiger partial charge on any atom is 0.257 e. The molecular weight excluding hydrogens is 362 g/mol. The van der Waals surface area contributed by atoms with Gasteiger partial charge in [-0.3, -0.25) is 9.59 Å². The van der Waals surface area contributed by atoms with Crippen LogP contribution in [0.3, 0.4) is 0 Å². The van der Waals surface area contributed by atoms with Crippen LogP contribution < -0.4 is 10.1 Å². The molecule has 0 bridgehead atoms. The first-order chi connectivity index (χ1) is 13.0. The number of amides is 2. The number of hydrogen-bond acceptors (Lipinski definition) is 5. The normalized spacial score (nSPS) is 24.9. The van der Waals surface area contributed by atoms with Gasteiger partial charge in [0.15, 0.2) is 5.13 Å². The number of carbonyl (C=O) groups is 2. The van der Waals surface area contributed by atoms with Crippen molar-refractivity contribution in [3.05, 3.63) is 40.9 Å². The Balaban J connectivity index is 1.46. The Morgan fingerprint density at radius 2 is 2.07 bits per heavy atom. The molecule has 2 aromatic rings. The minimum atomic E-state index is -0.425. The summed E-state index contributed by atoms with van der Waals surface area (Å²) in [5, 5.41) is 3.59. The third-order valence-electron chi connectivity index (χ3n) is 5.43. The molecule has 0 radical (unpaired) electrons. The quantitative estimate of drug-likeness (QED) is 0.859. The fourth-order valence-electron chi connectivity index (χ4n) is 3.99. The lowest BCUT2D eigenvalue weighted by Gasteiger charge is -2.40. The first-order valence-electron chi connectivity index (χ1n) is 9.23. The van der Waals surface area contributed by atoms with E-state index in [1.807, 2.05) is 38.2 Å². The number of benzene rings is 1. The zero-order valence-corrected chi connectivity index (χ0v) is 16.3. The summed E-state index contributed by atoms with van der Waals surface area (Å²) >= 11 is 1.49. The van der Waals surface area contributed by atoms with Gasteiger partial charge in [0.1, 0.15) is 11.4 Å². The zero-order valence-electron chi connectivity index (χ0n) is 15.5. The molecule has 1 aromatic heterocycles. The first kappa shape index (κ1) is 18.0. The molecule has 1 fully saturated rings. The number of ether oxygens (including phenoxy) is 1. The summed E-state index contributed by atoms with van der Waals surface area (Å²) in [4.78, 5) is 32.2. The van der Waals surface area contributed by atoms with Gasteiger partial charge in [0.25, 0.3) is 5.91 Å². The van der Waals surface area contributed by atoms with Crippen LogP contribution in [0.15, 0.2) is 30.5 Å². The van der Waals surface area contributed by atoms with Crippen LogP contribution in [0.1, 0.15) is 40.9 Å². The van der Waals surface area contributed by atoms with E-state index < -0.39 is 5.60 Å². The molecule has 2 heterocycles. The minimum Gasteiger partial charge on any atom is -0.485 e. The number of fused-ring (bicyclic) bond motifs is 1. The Morgan fingerprint density at radius 3 is 2.78 bits per heavy atom. The SMILES string of the molecule is Cc1cnc(NC(=O)C2CCC3(CC2)CN(C)C(=O)c2ccccc2O3)s1. The van der Waals surface area contributed by atoms with E-state index in [9.17, 15) is 9.59 Å². The van der Waals surface area contributed by atoms with Crippen molar-refractivity contribution in [2.24, 2.45) is 5.92 Å². The highest BCUT2D eigenvalue weighted by molar-refractivity contribution is 7.15. The molecule has 27 heavy (non-hydrogen) atoms. The first-order valence-corrected chi connectivity index (χ1v) is 10.0. The van der Waals surface area contributed by atoms with E-state index in [2.05, 4.69) is 10.3 Å². The van der Waals surface area contributed by atoms with Crippen LogP contribution in [0.5, 0.6) is 5.75 Å². The predicted octanol–water partition coefficient (Wildman–Crippen LogP) is 3.48. The number of anilines is 1. The Morgan fingerprint density at radius 1 is 1.33 bits per heavy atom. The second kappa shape index (κ2) is 6.96. The second-order valence-electron chi connectivity index (χ2n) is 7.48. The van der Waals surface area contributed by atoms with Crippen LogP contribution in [-0.2, 0) is 4.79 Å². The molecule has 0 saturated heterocycles. The van der Waals surface area contributed by atoms with Crippen LogP contribution in [-0.4, -0.2) is 40.9 Å². The minimum absolute atomic E-state index is 0.0125. The second-order valence-corrected chi connectivity index (χ2v) is 8.72. The van der Waals surface area contributed by atoms with Gasteiger partial charge in [0, 0.05) is 24.0 Å². The molecule has 6 nitrogen and oxygen atoms in total. The Kier molecular flexibility index (Phi) is 4.63. The summed E-state index contributed by atoms with van der Waals surface area (Å²) in [5.74, 6) is 0.607. The van der Waals surface area contributed by atoms with Crippen LogP contribution in [0.2, 0.25) is 0 Å². The van der Waals surface area contributed by atoms with Gasteiger partial charge in [-0.05, 0) is 44.7 Å². The van der Waals surface area contributed by atoms with Gasteiger partial charge in [0.05, 0.1) is 12.1 Å². The molecule has 0 atom stereocenters. The van der Waals surface area contributed by atoms with Crippen molar-refractivity contribution in [2.45, 2.75) is 38.2 Å². The van der Waals surface area contributed by atoms with Gasteiger partial charge in [-0.1, -0.05) is 12.1 Å². The van der Waals surface area contributed by atoms with Crippen molar-refractivity contribution in [2.75, 3.05) is 18.9 Å². The number of nitrogens with one attached hydrogen (secondary N) is 1. The largest absolute Gasteiger partial charge is 0.485 e. The van der Waals surface area contributed by atoms with E-state index in [1.165, 1.54) is 11.3 Å².